The molecular weight excluding hydrogens is 1020 g/mol. The Labute approximate surface area is 462 Å². The molecule has 0 saturated heterocycles. The normalized spacial score (nSPS) is 15.2. The number of aryl methyl sites for hydroxylation is 3. The molecule has 5 aromatic carbocycles. The summed E-state index contributed by atoms with van der Waals surface area (Å²) in [6.07, 6.45) is 7.20. The third-order valence-electron chi connectivity index (χ3n) is 14.3. The van der Waals surface area contributed by atoms with Crippen molar-refractivity contribution in [2.45, 2.75) is 105 Å². The van der Waals surface area contributed by atoms with E-state index in [4.69, 9.17) is 4.42 Å². The molecule has 2 atom stereocenters. The van der Waals surface area contributed by atoms with E-state index in [2.05, 4.69) is 36.2 Å². The lowest BCUT2D eigenvalue weighted by Gasteiger charge is -2.28. The average Bonchev–Trinajstić information content (AvgIpc) is 4.21. The van der Waals surface area contributed by atoms with Gasteiger partial charge in [-0.05, 0) is 138 Å². The van der Waals surface area contributed by atoms with Gasteiger partial charge in [0, 0.05) is 79.6 Å². The van der Waals surface area contributed by atoms with Gasteiger partial charge in [-0.1, -0.05) is 85.3 Å². The fraction of sp³-hybridized carbons (Fsp3) is 0.266. The van der Waals surface area contributed by atoms with Gasteiger partial charge in [0.25, 0.3) is 0 Å². The van der Waals surface area contributed by atoms with Gasteiger partial charge in [0.15, 0.2) is 11.6 Å². The molecule has 2 aliphatic heterocycles. The number of Topliss-reactive ketones (excluding diaryl/α,β-unsaturated/α-hetero) is 2. The predicted octanol–water partition coefficient (Wildman–Crippen LogP) is 10.5. The minimum absolute atomic E-state index is 0. The first-order chi connectivity index (χ1) is 38.1. The van der Waals surface area contributed by atoms with Crippen LogP contribution in [0.15, 0.2) is 161 Å². The van der Waals surface area contributed by atoms with Gasteiger partial charge in [-0.3, -0.25) is 28.8 Å². The number of benzene rings is 5. The van der Waals surface area contributed by atoms with Crippen LogP contribution in [0.4, 0.5) is 8.78 Å². The lowest BCUT2D eigenvalue weighted by molar-refractivity contribution is -0.123. The highest BCUT2D eigenvalue weighted by Crippen LogP contribution is 2.35. The second-order valence-corrected chi connectivity index (χ2v) is 20.2. The van der Waals surface area contributed by atoms with Crippen LogP contribution in [-0.2, 0) is 67.4 Å². The first-order valence-corrected chi connectivity index (χ1v) is 26.4. The summed E-state index contributed by atoms with van der Waals surface area (Å²) in [5, 5.41) is 13.5. The van der Waals surface area contributed by atoms with Gasteiger partial charge in [-0.15, -0.1) is 0 Å². The van der Waals surface area contributed by atoms with E-state index in [0.29, 0.717) is 62.7 Å². The molecule has 2 aliphatic rings. The van der Waals surface area contributed by atoms with Crippen molar-refractivity contribution in [3.05, 3.63) is 218 Å². The zero-order chi connectivity index (χ0) is 55.6. The molecule has 0 fully saturated rings. The summed E-state index contributed by atoms with van der Waals surface area (Å²) in [7, 11) is 0. The van der Waals surface area contributed by atoms with Crippen LogP contribution >= 0.6 is 0 Å². The third kappa shape index (κ3) is 14.3. The minimum Gasteiger partial charge on any atom is -0.444 e. The Hall–Kier alpha value is -9.05. The van der Waals surface area contributed by atoms with Crippen LogP contribution < -0.4 is 21.3 Å². The van der Waals surface area contributed by atoms with Gasteiger partial charge in [0.2, 0.25) is 29.5 Å². The zero-order valence-corrected chi connectivity index (χ0v) is 44.2. The molecule has 412 valence electrons. The monoisotopic (exact) mass is 1080 g/mol. The highest BCUT2D eigenvalue weighted by atomic mass is 19.1. The molecule has 6 N–H and O–H groups in total. The number of nitrogens with one attached hydrogen (secondary N) is 6. The van der Waals surface area contributed by atoms with E-state index in [1.165, 1.54) is 12.1 Å². The number of amides is 4. The first kappa shape index (κ1) is 57.1. The molecule has 3 aromatic heterocycles. The number of carbonyl (C=O) groups is 6. The lowest BCUT2D eigenvalue weighted by atomic mass is 9.85. The number of H-pyrrole nitrogens is 2. The average molecular weight is 1080 g/mol. The highest BCUT2D eigenvalue weighted by molar-refractivity contribution is 6.03. The van der Waals surface area contributed by atoms with Crippen molar-refractivity contribution in [3.63, 3.8) is 0 Å². The number of oxazole rings is 1. The van der Waals surface area contributed by atoms with Crippen LogP contribution in [0.3, 0.4) is 0 Å². The van der Waals surface area contributed by atoms with Crippen molar-refractivity contribution in [2.75, 3.05) is 6.54 Å². The van der Waals surface area contributed by atoms with Gasteiger partial charge < -0.3 is 35.7 Å². The van der Waals surface area contributed by atoms with Crippen molar-refractivity contribution in [3.8, 4) is 0 Å². The van der Waals surface area contributed by atoms with E-state index >= 15 is 0 Å². The highest BCUT2D eigenvalue weighted by Gasteiger charge is 2.33. The van der Waals surface area contributed by atoms with Crippen molar-refractivity contribution in [2.24, 2.45) is 0 Å². The SMILES string of the molecule is C.CC1=C(C(=O)Cc2ccc3[nH]ccc3c2)C(c2ccc(F)c(CCC(=O)NCCc3ccccc3)c2)NC(=O)C1.CC1=C(C(=O)Cc2ccc3[nH]ccc3c2)C(c2ccc(F)c(CCC(=O)NCc3ncc(C)o3)c2)NC(=O)C1. The number of hydrogen-bond acceptors (Lipinski definition) is 8. The molecule has 10 rings (SSSR count). The number of aromatic nitrogens is 3. The Morgan fingerprint density at radius 2 is 1.10 bits per heavy atom. The summed E-state index contributed by atoms with van der Waals surface area (Å²) in [5.41, 5.74) is 9.25. The smallest absolute Gasteiger partial charge is 0.224 e. The molecule has 0 saturated carbocycles. The van der Waals surface area contributed by atoms with Crippen LogP contribution in [0.25, 0.3) is 21.8 Å². The molecule has 14 nitrogen and oxygen atoms in total. The summed E-state index contributed by atoms with van der Waals surface area (Å²) in [6.45, 7) is 6.01. The second kappa shape index (κ2) is 26.1. The van der Waals surface area contributed by atoms with E-state index in [1.807, 2.05) is 91.3 Å². The Morgan fingerprint density at radius 1 is 0.600 bits per heavy atom. The second-order valence-electron chi connectivity index (χ2n) is 20.2. The Balaban J connectivity index is 0.000000208. The summed E-state index contributed by atoms with van der Waals surface area (Å²) in [4.78, 5) is 87.2. The van der Waals surface area contributed by atoms with Crippen molar-refractivity contribution in [1.82, 2.24) is 36.2 Å². The molecule has 16 heteroatoms. The van der Waals surface area contributed by atoms with Gasteiger partial charge in [0.1, 0.15) is 17.4 Å². The van der Waals surface area contributed by atoms with Crippen LogP contribution in [0.2, 0.25) is 0 Å². The zero-order valence-electron chi connectivity index (χ0n) is 44.2. The predicted molar refractivity (Wildman–Crippen MR) is 303 cm³/mol. The third-order valence-corrected chi connectivity index (χ3v) is 14.3. The van der Waals surface area contributed by atoms with Crippen LogP contribution in [-0.4, -0.2) is 56.7 Å². The Kier molecular flexibility index (Phi) is 18.6. The van der Waals surface area contributed by atoms with Gasteiger partial charge in [-0.25, -0.2) is 13.8 Å². The first-order valence-electron chi connectivity index (χ1n) is 26.4. The molecule has 2 unspecified atom stereocenters. The number of ketones is 2. The maximum Gasteiger partial charge on any atom is 0.224 e. The Morgan fingerprint density at radius 3 is 1.59 bits per heavy atom. The number of rotatable bonds is 19. The molecule has 80 heavy (non-hydrogen) atoms. The van der Waals surface area contributed by atoms with Gasteiger partial charge in [-0.2, -0.15) is 0 Å². The van der Waals surface area contributed by atoms with E-state index in [1.54, 1.807) is 51.2 Å². The van der Waals surface area contributed by atoms with Crippen LogP contribution in [0, 0.1) is 18.6 Å². The quantitative estimate of drug-likeness (QED) is 0.0458. The van der Waals surface area contributed by atoms with E-state index in [0.717, 1.165) is 44.9 Å². The number of halogens is 2. The molecule has 4 amide bonds. The summed E-state index contributed by atoms with van der Waals surface area (Å²) < 4.78 is 34.8. The molecule has 0 spiro atoms. The maximum atomic E-state index is 14.8. The van der Waals surface area contributed by atoms with E-state index in [-0.39, 0.29) is 101 Å². The van der Waals surface area contributed by atoms with Crippen LogP contribution in [0.1, 0.15) is 110 Å². The number of aromatic amines is 2. The number of nitrogens with zero attached hydrogens (tertiary/aromatic N) is 1. The molecule has 8 aromatic rings. The van der Waals surface area contributed by atoms with E-state index in [9.17, 15) is 37.5 Å². The standard InChI is InChI=1S/C33H32FN3O3.C30H29FN4O4.CH4/c1-21-17-31(40)37-33(32(21)29(38)19-23-7-11-28-25(18-23)14-16-35-28)26-8-10-27(34)24(20-26)9-12-30(39)36-15-13-22-5-3-2-4-6-22;1-17-11-27(38)35-30(29(17)25(36)13-19-3-7-24-21(12-19)9-10-32-24)22-4-6-23(31)20(14-22)5-8-26(37)33-16-28-34-15-18(2)39-28;/h2-8,10-11,14,16,18,20,33,35H,9,12-13,15,17,19H2,1H3,(H,36,39)(H,37,40);3-4,6-7,9-10,12,14-15,30,32H,5,8,11,13,16H2,1-2H3,(H,33,37)(H,35,38);1H4. The molecule has 0 radical (unpaired) electrons. The van der Waals surface area contributed by atoms with Crippen molar-refractivity contribution < 1.29 is 42.0 Å². The molecule has 0 aliphatic carbocycles. The lowest BCUT2D eigenvalue weighted by Crippen LogP contribution is -2.37. The number of carbonyl (C=O) groups excluding carboxylic acids is 6. The topological polar surface area (TPSA) is 208 Å². The largest absolute Gasteiger partial charge is 0.444 e. The maximum absolute atomic E-state index is 14.8. The minimum atomic E-state index is -0.698. The molecule has 0 bridgehead atoms. The van der Waals surface area contributed by atoms with Gasteiger partial charge >= 0.3 is 0 Å². The number of hydrogen-bond donors (Lipinski definition) is 6. The Bertz CT molecular complexity index is 3670. The fourth-order valence-corrected chi connectivity index (χ4v) is 10.3. The molecule has 5 heterocycles. The van der Waals surface area contributed by atoms with Gasteiger partial charge in [0.05, 0.1) is 24.8 Å². The van der Waals surface area contributed by atoms with Crippen LogP contribution in [0.5, 0.6) is 0 Å². The van der Waals surface area contributed by atoms with Crippen molar-refractivity contribution in [1.29, 1.82) is 0 Å². The molecular formula is C64H65F2N7O7. The summed E-state index contributed by atoms with van der Waals surface area (Å²) >= 11 is 0. The van der Waals surface area contributed by atoms with Crippen molar-refractivity contribution >= 4 is 57.0 Å². The fourth-order valence-electron chi connectivity index (χ4n) is 10.3. The van der Waals surface area contributed by atoms with E-state index < -0.39 is 23.7 Å². The summed E-state index contributed by atoms with van der Waals surface area (Å²) in [5.74, 6) is -0.815. The number of fused-ring (bicyclic) bond motifs is 2. The summed E-state index contributed by atoms with van der Waals surface area (Å²) in [6, 6.07) is 33.2.